The second-order valence-electron chi connectivity index (χ2n) is 3.84. The van der Waals surface area contributed by atoms with Crippen molar-refractivity contribution in [2.24, 2.45) is 0 Å². The van der Waals surface area contributed by atoms with E-state index in [1.807, 2.05) is 6.07 Å². The summed E-state index contributed by atoms with van der Waals surface area (Å²) in [6.07, 6.45) is 6.96. The molecule has 0 aromatic heterocycles. The molecule has 0 spiro atoms. The fraction of sp³-hybridized carbons (Fsp3) is 0.308. The van der Waals surface area contributed by atoms with E-state index in [1.54, 1.807) is 0 Å². The summed E-state index contributed by atoms with van der Waals surface area (Å²) in [7, 11) is 0. The zero-order chi connectivity index (χ0) is 10.7. The summed E-state index contributed by atoms with van der Waals surface area (Å²) in [6.45, 7) is 0. The van der Waals surface area contributed by atoms with E-state index in [1.165, 1.54) is 36.5 Å². The molecule has 0 saturated carbocycles. The number of rotatable bonds is 2. The molecular formula is C13H13ClO. The van der Waals surface area contributed by atoms with Crippen LogP contribution in [0.25, 0.3) is 5.03 Å². The normalized spacial score (nSPS) is 15.9. The van der Waals surface area contributed by atoms with Crippen molar-refractivity contribution in [1.82, 2.24) is 0 Å². The number of benzene rings is 1. The zero-order valence-electron chi connectivity index (χ0n) is 8.50. The van der Waals surface area contributed by atoms with Gasteiger partial charge in [-0.15, -0.1) is 0 Å². The van der Waals surface area contributed by atoms with Gasteiger partial charge in [0.15, 0.2) is 0 Å². The fourth-order valence-electron chi connectivity index (χ4n) is 2.04. The molecule has 0 N–H and O–H groups in total. The van der Waals surface area contributed by atoms with Crippen LogP contribution in [-0.2, 0) is 17.6 Å². The van der Waals surface area contributed by atoms with Crippen molar-refractivity contribution < 1.29 is 4.79 Å². The first-order valence-electron chi connectivity index (χ1n) is 5.24. The second-order valence-corrected chi connectivity index (χ2v) is 4.25. The summed E-state index contributed by atoms with van der Waals surface area (Å²) >= 11 is 5.98. The van der Waals surface area contributed by atoms with Crippen LogP contribution in [0.2, 0.25) is 0 Å². The Morgan fingerprint density at radius 3 is 2.67 bits per heavy atom. The molecule has 0 aliphatic heterocycles. The summed E-state index contributed by atoms with van der Waals surface area (Å²) < 4.78 is 0. The summed E-state index contributed by atoms with van der Waals surface area (Å²) in [4.78, 5) is 10.3. The lowest BCUT2D eigenvalue weighted by Crippen LogP contribution is -2.02. The Hall–Kier alpha value is -1.08. The average Bonchev–Trinajstić information content (AvgIpc) is 2.29. The van der Waals surface area contributed by atoms with Crippen LogP contribution < -0.4 is 0 Å². The van der Waals surface area contributed by atoms with Gasteiger partial charge in [0, 0.05) is 0 Å². The highest BCUT2D eigenvalue weighted by atomic mass is 35.5. The largest absolute Gasteiger partial charge is 0.299 e. The van der Waals surface area contributed by atoms with E-state index in [4.69, 9.17) is 11.6 Å². The van der Waals surface area contributed by atoms with E-state index in [0.717, 1.165) is 18.3 Å². The molecular weight excluding hydrogens is 208 g/mol. The van der Waals surface area contributed by atoms with Gasteiger partial charge >= 0.3 is 0 Å². The third-order valence-electron chi connectivity index (χ3n) is 2.84. The van der Waals surface area contributed by atoms with Gasteiger partial charge in [-0.1, -0.05) is 23.7 Å². The van der Waals surface area contributed by atoms with E-state index in [9.17, 15) is 4.79 Å². The van der Waals surface area contributed by atoms with Gasteiger partial charge in [0.05, 0.1) is 5.03 Å². The van der Waals surface area contributed by atoms with Crippen molar-refractivity contribution in [2.75, 3.05) is 0 Å². The van der Waals surface area contributed by atoms with Gasteiger partial charge in [-0.2, -0.15) is 0 Å². The number of halogens is 1. The number of aryl methyl sites for hydroxylation is 2. The van der Waals surface area contributed by atoms with Crippen molar-refractivity contribution in [3.63, 3.8) is 0 Å². The first-order chi connectivity index (χ1) is 7.31. The van der Waals surface area contributed by atoms with Crippen LogP contribution in [0.3, 0.4) is 0 Å². The van der Waals surface area contributed by atoms with Gasteiger partial charge in [0.1, 0.15) is 6.29 Å². The molecule has 0 unspecified atom stereocenters. The molecule has 0 bridgehead atoms. The minimum atomic E-state index is 0.526. The number of hydrogen-bond donors (Lipinski definition) is 0. The molecule has 1 aromatic rings. The summed E-state index contributed by atoms with van der Waals surface area (Å²) in [6, 6.07) is 6.23. The minimum Gasteiger partial charge on any atom is -0.299 e. The van der Waals surface area contributed by atoms with E-state index in [0.29, 0.717) is 5.03 Å². The SMILES string of the molecule is O=CC=C(Cl)c1ccc2c(c1)CCCC2. The van der Waals surface area contributed by atoms with Crippen LogP contribution in [0, 0.1) is 0 Å². The van der Waals surface area contributed by atoms with Gasteiger partial charge in [-0.3, -0.25) is 4.79 Å². The van der Waals surface area contributed by atoms with Crippen molar-refractivity contribution in [3.8, 4) is 0 Å². The lowest BCUT2D eigenvalue weighted by atomic mass is 9.90. The smallest absolute Gasteiger partial charge is 0.144 e. The highest BCUT2D eigenvalue weighted by molar-refractivity contribution is 6.49. The third kappa shape index (κ3) is 2.29. The van der Waals surface area contributed by atoms with Gasteiger partial charge in [0.2, 0.25) is 0 Å². The lowest BCUT2D eigenvalue weighted by molar-refractivity contribution is -0.104. The monoisotopic (exact) mass is 220 g/mol. The average molecular weight is 221 g/mol. The summed E-state index contributed by atoms with van der Waals surface area (Å²) in [5, 5.41) is 0.526. The Balaban J connectivity index is 2.35. The maximum atomic E-state index is 10.3. The molecule has 0 fully saturated rings. The topological polar surface area (TPSA) is 17.1 Å². The number of fused-ring (bicyclic) bond motifs is 1. The molecule has 1 nitrogen and oxygen atoms in total. The molecule has 0 heterocycles. The maximum Gasteiger partial charge on any atom is 0.144 e. The molecule has 0 atom stereocenters. The van der Waals surface area contributed by atoms with Crippen LogP contribution in [0.15, 0.2) is 24.3 Å². The number of carbonyl (C=O) groups is 1. The fourth-order valence-corrected chi connectivity index (χ4v) is 2.21. The van der Waals surface area contributed by atoms with Crippen LogP contribution in [0.1, 0.15) is 29.5 Å². The molecule has 1 aliphatic rings. The van der Waals surface area contributed by atoms with E-state index in [2.05, 4.69) is 12.1 Å². The minimum absolute atomic E-state index is 0.526. The first kappa shape index (κ1) is 10.4. The number of carbonyl (C=O) groups excluding carboxylic acids is 1. The highest BCUT2D eigenvalue weighted by Gasteiger charge is 2.10. The molecule has 15 heavy (non-hydrogen) atoms. The Kier molecular flexibility index (Phi) is 3.22. The standard InChI is InChI=1S/C13H13ClO/c14-13(7-8-15)12-6-5-10-3-1-2-4-11(10)9-12/h5-9H,1-4H2. The number of aldehydes is 1. The van der Waals surface area contributed by atoms with Gasteiger partial charge < -0.3 is 0 Å². The maximum absolute atomic E-state index is 10.3. The zero-order valence-corrected chi connectivity index (χ0v) is 9.26. The van der Waals surface area contributed by atoms with Crippen LogP contribution in [0.4, 0.5) is 0 Å². The first-order valence-corrected chi connectivity index (χ1v) is 5.62. The van der Waals surface area contributed by atoms with Crippen LogP contribution >= 0.6 is 11.6 Å². The van der Waals surface area contributed by atoms with Gasteiger partial charge in [-0.05, 0) is 54.5 Å². The number of hydrogen-bond acceptors (Lipinski definition) is 1. The molecule has 78 valence electrons. The second kappa shape index (κ2) is 4.63. The molecule has 1 aromatic carbocycles. The van der Waals surface area contributed by atoms with Crippen molar-refractivity contribution in [1.29, 1.82) is 0 Å². The van der Waals surface area contributed by atoms with Crippen molar-refractivity contribution in [3.05, 3.63) is 41.0 Å². The molecule has 2 heteroatoms. The summed E-state index contributed by atoms with van der Waals surface area (Å²) in [5.74, 6) is 0. The molecule has 2 rings (SSSR count). The number of allylic oxidation sites excluding steroid dienone is 1. The van der Waals surface area contributed by atoms with Crippen LogP contribution in [0.5, 0.6) is 0 Å². The Labute approximate surface area is 94.8 Å². The van der Waals surface area contributed by atoms with Gasteiger partial charge in [-0.25, -0.2) is 0 Å². The Morgan fingerprint density at radius 2 is 1.93 bits per heavy atom. The highest BCUT2D eigenvalue weighted by Crippen LogP contribution is 2.26. The van der Waals surface area contributed by atoms with Crippen molar-refractivity contribution in [2.45, 2.75) is 25.7 Å². The van der Waals surface area contributed by atoms with E-state index in [-0.39, 0.29) is 0 Å². The summed E-state index contributed by atoms with van der Waals surface area (Å²) in [5.41, 5.74) is 3.76. The van der Waals surface area contributed by atoms with E-state index >= 15 is 0 Å². The van der Waals surface area contributed by atoms with E-state index < -0.39 is 0 Å². The lowest BCUT2D eigenvalue weighted by Gasteiger charge is -2.16. The molecule has 1 aliphatic carbocycles. The third-order valence-corrected chi connectivity index (χ3v) is 3.18. The quantitative estimate of drug-likeness (QED) is 0.552. The molecule has 0 amide bonds. The predicted octanol–water partition coefficient (Wildman–Crippen LogP) is 3.34. The molecule has 0 radical (unpaired) electrons. The van der Waals surface area contributed by atoms with Gasteiger partial charge in [0.25, 0.3) is 0 Å². The predicted molar refractivity (Wildman–Crippen MR) is 63.0 cm³/mol. The van der Waals surface area contributed by atoms with Crippen LogP contribution in [-0.4, -0.2) is 6.29 Å². The van der Waals surface area contributed by atoms with Crippen molar-refractivity contribution >= 4 is 22.9 Å². The molecule has 0 saturated heterocycles. The Morgan fingerprint density at radius 1 is 1.20 bits per heavy atom. The Bertz CT molecular complexity index is 407.